The maximum absolute atomic E-state index is 10.8. The Morgan fingerprint density at radius 3 is 2.71 bits per heavy atom. The Kier molecular flexibility index (Phi) is 2.24. The summed E-state index contributed by atoms with van der Waals surface area (Å²) < 4.78 is 11.5. The van der Waals surface area contributed by atoms with E-state index in [4.69, 9.17) is 9.47 Å². The summed E-state index contributed by atoms with van der Waals surface area (Å²) in [5.41, 5.74) is 0. The molecule has 0 amide bonds. The zero-order valence-electron chi connectivity index (χ0n) is 8.60. The van der Waals surface area contributed by atoms with E-state index in [1.807, 2.05) is 19.9 Å². The Labute approximate surface area is 84.1 Å². The molecule has 1 unspecified atom stereocenters. The maximum atomic E-state index is 10.8. The molecule has 14 heavy (non-hydrogen) atoms. The normalized spacial score (nSPS) is 44.7. The predicted molar refractivity (Wildman–Crippen MR) is 51.7 cm³/mol. The highest BCUT2D eigenvalue weighted by molar-refractivity contribution is 5.56. The molecule has 4 atom stereocenters. The van der Waals surface area contributed by atoms with Crippen molar-refractivity contribution in [1.29, 1.82) is 0 Å². The molecule has 0 aromatic heterocycles. The molecule has 2 fully saturated rings. The van der Waals surface area contributed by atoms with Gasteiger partial charge in [-0.2, -0.15) is 0 Å². The fourth-order valence-electron chi connectivity index (χ4n) is 2.50. The Hall–Kier alpha value is -0.670. The second kappa shape index (κ2) is 3.17. The third-order valence-electron chi connectivity index (χ3n) is 3.05. The second-order valence-corrected chi connectivity index (χ2v) is 4.49. The molecule has 0 aromatic rings. The Balaban J connectivity index is 2.17. The molecule has 78 valence electrons. The van der Waals surface area contributed by atoms with Crippen LogP contribution in [0.3, 0.4) is 0 Å². The van der Waals surface area contributed by atoms with Gasteiger partial charge in [0, 0.05) is 11.8 Å². The molecule has 0 spiro atoms. The quantitative estimate of drug-likeness (QED) is 0.496. The lowest BCUT2D eigenvalue weighted by Crippen LogP contribution is -2.27. The molecule has 2 rings (SSSR count). The summed E-state index contributed by atoms with van der Waals surface area (Å²) in [7, 11) is 0. The van der Waals surface area contributed by atoms with Crippen molar-refractivity contribution < 1.29 is 14.3 Å². The Morgan fingerprint density at radius 2 is 2.14 bits per heavy atom. The van der Waals surface area contributed by atoms with Gasteiger partial charge in [-0.3, -0.25) is 0 Å². The van der Waals surface area contributed by atoms with Gasteiger partial charge in [0.25, 0.3) is 0 Å². The van der Waals surface area contributed by atoms with E-state index in [9.17, 15) is 4.79 Å². The average molecular weight is 196 g/mol. The van der Waals surface area contributed by atoms with Gasteiger partial charge in [0.15, 0.2) is 5.79 Å². The number of carbonyl (C=O) groups is 1. The first-order valence-electron chi connectivity index (χ1n) is 5.01. The van der Waals surface area contributed by atoms with Crippen molar-refractivity contribution >= 4 is 6.29 Å². The maximum Gasteiger partial charge on any atom is 0.163 e. The zero-order chi connectivity index (χ0) is 10.3. The third kappa shape index (κ3) is 1.41. The van der Waals surface area contributed by atoms with E-state index >= 15 is 0 Å². The summed E-state index contributed by atoms with van der Waals surface area (Å²) in [6, 6.07) is 0. The smallest absolute Gasteiger partial charge is 0.163 e. The lowest BCUT2D eigenvalue weighted by Gasteiger charge is -2.22. The van der Waals surface area contributed by atoms with Crippen LogP contribution in [0.4, 0.5) is 0 Å². The lowest BCUT2D eigenvalue weighted by atomic mass is 9.96. The van der Waals surface area contributed by atoms with Gasteiger partial charge in [0.1, 0.15) is 6.29 Å². The van der Waals surface area contributed by atoms with Gasteiger partial charge < -0.3 is 14.3 Å². The molecular formula is C11H16O3. The highest BCUT2D eigenvalue weighted by Gasteiger charge is 2.52. The summed E-state index contributed by atoms with van der Waals surface area (Å²) in [6.45, 7) is 7.56. The van der Waals surface area contributed by atoms with Crippen molar-refractivity contribution in [2.75, 3.05) is 0 Å². The van der Waals surface area contributed by atoms with Crippen LogP contribution in [0.15, 0.2) is 12.7 Å². The number of aldehydes is 1. The van der Waals surface area contributed by atoms with Gasteiger partial charge in [-0.15, -0.1) is 6.58 Å². The molecule has 0 radical (unpaired) electrons. The molecule has 0 aromatic carbocycles. The highest BCUT2D eigenvalue weighted by Crippen LogP contribution is 2.44. The summed E-state index contributed by atoms with van der Waals surface area (Å²) in [5, 5.41) is 0. The Morgan fingerprint density at radius 1 is 1.43 bits per heavy atom. The molecule has 1 heterocycles. The van der Waals surface area contributed by atoms with Crippen molar-refractivity contribution in [3.05, 3.63) is 12.7 Å². The SMILES string of the molecule is C=C[C@H]1C(C=O)C[C@@H]2OC(C)(C)O[C@@H]21. The van der Waals surface area contributed by atoms with Crippen LogP contribution in [0.1, 0.15) is 20.3 Å². The fraction of sp³-hybridized carbons (Fsp3) is 0.727. The number of hydrogen-bond donors (Lipinski definition) is 0. The van der Waals surface area contributed by atoms with Crippen LogP contribution in [0.5, 0.6) is 0 Å². The minimum Gasteiger partial charge on any atom is -0.345 e. The number of rotatable bonds is 2. The monoisotopic (exact) mass is 196 g/mol. The van der Waals surface area contributed by atoms with Crippen molar-refractivity contribution in [2.24, 2.45) is 11.8 Å². The Bertz CT molecular complexity index is 259. The van der Waals surface area contributed by atoms with Crippen LogP contribution < -0.4 is 0 Å². The largest absolute Gasteiger partial charge is 0.345 e. The van der Waals surface area contributed by atoms with Gasteiger partial charge in [0.2, 0.25) is 0 Å². The minimum absolute atomic E-state index is 0.0118. The van der Waals surface area contributed by atoms with Crippen molar-refractivity contribution in [3.63, 3.8) is 0 Å². The van der Waals surface area contributed by atoms with Gasteiger partial charge in [-0.25, -0.2) is 0 Å². The van der Waals surface area contributed by atoms with Crippen LogP contribution in [0.25, 0.3) is 0 Å². The van der Waals surface area contributed by atoms with Gasteiger partial charge in [-0.1, -0.05) is 6.08 Å². The van der Waals surface area contributed by atoms with E-state index in [0.29, 0.717) is 0 Å². The summed E-state index contributed by atoms with van der Waals surface area (Å²) in [5.74, 6) is -0.386. The van der Waals surface area contributed by atoms with E-state index < -0.39 is 5.79 Å². The average Bonchev–Trinajstić information content (AvgIpc) is 2.55. The molecular weight excluding hydrogens is 180 g/mol. The molecule has 2 aliphatic rings. The molecule has 1 saturated carbocycles. The van der Waals surface area contributed by atoms with Gasteiger partial charge in [-0.05, 0) is 20.3 Å². The zero-order valence-corrected chi connectivity index (χ0v) is 8.60. The molecule has 1 aliphatic heterocycles. The van der Waals surface area contributed by atoms with E-state index in [0.717, 1.165) is 12.7 Å². The topological polar surface area (TPSA) is 35.5 Å². The molecule has 0 bridgehead atoms. The first kappa shape index (κ1) is 9.87. The summed E-state index contributed by atoms with van der Waals surface area (Å²) in [4.78, 5) is 10.8. The second-order valence-electron chi connectivity index (χ2n) is 4.49. The van der Waals surface area contributed by atoms with Crippen LogP contribution >= 0.6 is 0 Å². The first-order valence-corrected chi connectivity index (χ1v) is 5.01. The van der Waals surface area contributed by atoms with Crippen LogP contribution in [0, 0.1) is 11.8 Å². The summed E-state index contributed by atoms with van der Waals surface area (Å²) in [6.07, 6.45) is 3.63. The molecule has 1 saturated heterocycles. The van der Waals surface area contributed by atoms with Crippen LogP contribution in [0.2, 0.25) is 0 Å². The standard InChI is InChI=1S/C11H16O3/c1-4-8-7(6-12)5-9-10(8)14-11(2,3)13-9/h4,6-10H,1,5H2,2-3H3/t7?,8-,9-,10+/m0/s1. The van der Waals surface area contributed by atoms with Crippen LogP contribution in [-0.4, -0.2) is 24.3 Å². The van der Waals surface area contributed by atoms with Crippen LogP contribution in [-0.2, 0) is 14.3 Å². The van der Waals surface area contributed by atoms with Crippen molar-refractivity contribution in [1.82, 2.24) is 0 Å². The van der Waals surface area contributed by atoms with Crippen molar-refractivity contribution in [2.45, 2.75) is 38.3 Å². The lowest BCUT2D eigenvalue weighted by molar-refractivity contribution is -0.158. The highest BCUT2D eigenvalue weighted by atomic mass is 16.8. The van der Waals surface area contributed by atoms with Gasteiger partial charge in [0.05, 0.1) is 12.2 Å². The first-order chi connectivity index (χ1) is 6.57. The summed E-state index contributed by atoms with van der Waals surface area (Å²) >= 11 is 0. The third-order valence-corrected chi connectivity index (χ3v) is 3.05. The molecule has 3 nitrogen and oxygen atoms in total. The number of ether oxygens (including phenoxy) is 2. The molecule has 1 aliphatic carbocycles. The van der Waals surface area contributed by atoms with E-state index in [1.165, 1.54) is 0 Å². The predicted octanol–water partition coefficient (Wildman–Crippen LogP) is 1.53. The van der Waals surface area contributed by atoms with Crippen molar-refractivity contribution in [3.8, 4) is 0 Å². The number of hydrogen-bond acceptors (Lipinski definition) is 3. The van der Waals surface area contributed by atoms with E-state index in [2.05, 4.69) is 6.58 Å². The number of fused-ring (bicyclic) bond motifs is 1. The van der Waals surface area contributed by atoms with E-state index in [1.54, 1.807) is 0 Å². The fourth-order valence-corrected chi connectivity index (χ4v) is 2.50. The minimum atomic E-state index is -0.509. The molecule has 0 N–H and O–H groups in total. The van der Waals surface area contributed by atoms with E-state index in [-0.39, 0.29) is 24.0 Å². The molecule has 3 heteroatoms. The van der Waals surface area contributed by atoms with Gasteiger partial charge >= 0.3 is 0 Å². The number of carbonyl (C=O) groups excluding carboxylic acids is 1.